The molecule has 0 radical (unpaired) electrons. The third kappa shape index (κ3) is 2.61. The summed E-state index contributed by atoms with van der Waals surface area (Å²) < 4.78 is 0. The number of benzene rings is 1. The lowest BCUT2D eigenvalue weighted by Gasteiger charge is -2.08. The molecule has 0 aromatic heterocycles. The lowest BCUT2D eigenvalue weighted by Crippen LogP contribution is -2.06. The van der Waals surface area contributed by atoms with Crippen molar-refractivity contribution < 1.29 is 4.92 Å². The number of nitro groups is 1. The topological polar surface area (TPSA) is 43.1 Å². The molecule has 16 heavy (non-hydrogen) atoms. The summed E-state index contributed by atoms with van der Waals surface area (Å²) in [5.41, 5.74) is 1.32. The van der Waals surface area contributed by atoms with Crippen LogP contribution in [0.4, 0.5) is 5.69 Å². The van der Waals surface area contributed by atoms with E-state index >= 15 is 0 Å². The number of nitrogens with zero attached hydrogens (tertiary/aromatic N) is 1. The van der Waals surface area contributed by atoms with E-state index in [-0.39, 0.29) is 10.6 Å². The molecule has 0 aliphatic heterocycles. The smallest absolute Gasteiger partial charge is 0.258 e. The lowest BCUT2D eigenvalue weighted by molar-refractivity contribution is -0.384. The van der Waals surface area contributed by atoms with Crippen LogP contribution >= 0.6 is 15.9 Å². The Morgan fingerprint density at radius 1 is 1.50 bits per heavy atom. The largest absolute Gasteiger partial charge is 0.269 e. The summed E-state index contributed by atoms with van der Waals surface area (Å²) in [6, 6.07) is 6.84. The molecule has 1 saturated carbocycles. The van der Waals surface area contributed by atoms with Gasteiger partial charge in [-0.1, -0.05) is 35.0 Å². The van der Waals surface area contributed by atoms with Crippen LogP contribution in [-0.4, -0.2) is 9.75 Å². The van der Waals surface area contributed by atoms with Crippen LogP contribution in [0.15, 0.2) is 24.3 Å². The van der Waals surface area contributed by atoms with Crippen molar-refractivity contribution in [3.63, 3.8) is 0 Å². The normalized spacial score (nSPS) is 25.1. The van der Waals surface area contributed by atoms with E-state index in [9.17, 15) is 10.1 Å². The maximum absolute atomic E-state index is 10.5. The molecule has 4 heteroatoms. The second-order valence-electron chi connectivity index (χ2n) is 4.52. The molecule has 2 rings (SSSR count). The van der Waals surface area contributed by atoms with Gasteiger partial charge in [0.1, 0.15) is 0 Å². The van der Waals surface area contributed by atoms with E-state index in [1.54, 1.807) is 12.1 Å². The van der Waals surface area contributed by atoms with Gasteiger partial charge in [-0.2, -0.15) is 0 Å². The van der Waals surface area contributed by atoms with E-state index in [0.717, 1.165) is 23.8 Å². The molecule has 0 amide bonds. The standard InChI is InChI=1S/C12H14BrNO2/c1-8-6-11(8)12(13)7-9-2-4-10(5-3-9)14(15)16/h2-5,8,11-12H,6-7H2,1H3. The van der Waals surface area contributed by atoms with Gasteiger partial charge in [-0.3, -0.25) is 10.1 Å². The minimum Gasteiger partial charge on any atom is -0.258 e. The fourth-order valence-corrected chi connectivity index (χ4v) is 3.10. The molecule has 3 nitrogen and oxygen atoms in total. The van der Waals surface area contributed by atoms with Gasteiger partial charge in [0.15, 0.2) is 0 Å². The minimum atomic E-state index is -0.363. The van der Waals surface area contributed by atoms with Gasteiger partial charge in [-0.05, 0) is 30.2 Å². The van der Waals surface area contributed by atoms with Gasteiger partial charge in [0.05, 0.1) is 4.92 Å². The quantitative estimate of drug-likeness (QED) is 0.482. The van der Waals surface area contributed by atoms with E-state index in [1.165, 1.54) is 6.42 Å². The van der Waals surface area contributed by atoms with Gasteiger partial charge in [-0.15, -0.1) is 0 Å². The van der Waals surface area contributed by atoms with Gasteiger partial charge in [0.2, 0.25) is 0 Å². The summed E-state index contributed by atoms with van der Waals surface area (Å²) in [6.07, 6.45) is 2.25. The van der Waals surface area contributed by atoms with Crippen LogP contribution in [0, 0.1) is 22.0 Å². The SMILES string of the molecule is CC1CC1C(Br)Cc1ccc([N+](=O)[O-])cc1. The minimum absolute atomic E-state index is 0.162. The molecule has 1 aromatic rings. The molecule has 1 aromatic carbocycles. The summed E-state index contributed by atoms with van der Waals surface area (Å²) in [5, 5.41) is 10.5. The Hall–Kier alpha value is -0.900. The van der Waals surface area contributed by atoms with Gasteiger partial charge >= 0.3 is 0 Å². The fraction of sp³-hybridized carbons (Fsp3) is 0.500. The first-order valence-electron chi connectivity index (χ1n) is 5.45. The first-order chi connectivity index (χ1) is 7.58. The predicted octanol–water partition coefficient (Wildman–Crippen LogP) is 3.56. The Labute approximate surface area is 103 Å². The van der Waals surface area contributed by atoms with E-state index in [1.807, 2.05) is 12.1 Å². The van der Waals surface area contributed by atoms with Crippen molar-refractivity contribution in [3.05, 3.63) is 39.9 Å². The van der Waals surface area contributed by atoms with Crippen LogP contribution < -0.4 is 0 Å². The van der Waals surface area contributed by atoms with Gasteiger partial charge in [0, 0.05) is 17.0 Å². The van der Waals surface area contributed by atoms with Crippen molar-refractivity contribution >= 4 is 21.6 Å². The summed E-state index contributed by atoms with van der Waals surface area (Å²) in [7, 11) is 0. The van der Waals surface area contributed by atoms with Crippen molar-refractivity contribution in [1.82, 2.24) is 0 Å². The Morgan fingerprint density at radius 2 is 2.06 bits per heavy atom. The number of hydrogen-bond donors (Lipinski definition) is 0. The highest BCUT2D eigenvalue weighted by Crippen LogP contribution is 2.44. The van der Waals surface area contributed by atoms with Crippen molar-refractivity contribution in [2.45, 2.75) is 24.6 Å². The number of halogens is 1. The van der Waals surface area contributed by atoms with Crippen molar-refractivity contribution in [2.75, 3.05) is 0 Å². The molecular formula is C12H14BrNO2. The van der Waals surface area contributed by atoms with E-state index < -0.39 is 0 Å². The van der Waals surface area contributed by atoms with E-state index in [0.29, 0.717) is 4.83 Å². The molecule has 1 aliphatic carbocycles. The Morgan fingerprint density at radius 3 is 2.50 bits per heavy atom. The first-order valence-corrected chi connectivity index (χ1v) is 6.37. The molecule has 0 saturated heterocycles. The third-order valence-corrected chi connectivity index (χ3v) is 4.22. The fourth-order valence-electron chi connectivity index (χ4n) is 1.99. The number of nitro benzene ring substituents is 1. The van der Waals surface area contributed by atoms with Crippen molar-refractivity contribution in [1.29, 1.82) is 0 Å². The summed E-state index contributed by atoms with van der Waals surface area (Å²) >= 11 is 3.70. The predicted molar refractivity (Wildman–Crippen MR) is 66.8 cm³/mol. The van der Waals surface area contributed by atoms with Gasteiger partial charge in [-0.25, -0.2) is 0 Å². The van der Waals surface area contributed by atoms with Crippen LogP contribution in [0.3, 0.4) is 0 Å². The second-order valence-corrected chi connectivity index (χ2v) is 5.70. The van der Waals surface area contributed by atoms with Crippen LogP contribution in [0.25, 0.3) is 0 Å². The zero-order valence-electron chi connectivity index (χ0n) is 9.10. The maximum atomic E-state index is 10.5. The summed E-state index contributed by atoms with van der Waals surface area (Å²) in [5.74, 6) is 1.60. The van der Waals surface area contributed by atoms with E-state index in [2.05, 4.69) is 22.9 Å². The molecule has 3 atom stereocenters. The van der Waals surface area contributed by atoms with Crippen LogP contribution in [-0.2, 0) is 6.42 Å². The monoisotopic (exact) mass is 283 g/mol. The Kier molecular flexibility index (Phi) is 3.28. The van der Waals surface area contributed by atoms with Crippen molar-refractivity contribution in [2.24, 2.45) is 11.8 Å². The van der Waals surface area contributed by atoms with E-state index in [4.69, 9.17) is 0 Å². The summed E-state index contributed by atoms with van der Waals surface area (Å²) in [4.78, 5) is 10.6. The van der Waals surface area contributed by atoms with Crippen LogP contribution in [0.2, 0.25) is 0 Å². The molecule has 0 N–H and O–H groups in total. The average Bonchev–Trinajstić information content (AvgIpc) is 2.96. The molecule has 1 aliphatic rings. The number of rotatable bonds is 4. The molecule has 86 valence electrons. The molecule has 0 heterocycles. The molecule has 0 bridgehead atoms. The van der Waals surface area contributed by atoms with Crippen molar-refractivity contribution in [3.8, 4) is 0 Å². The van der Waals surface area contributed by atoms with Gasteiger partial charge in [0.25, 0.3) is 5.69 Å². The van der Waals surface area contributed by atoms with Gasteiger partial charge < -0.3 is 0 Å². The highest BCUT2D eigenvalue weighted by Gasteiger charge is 2.37. The zero-order valence-corrected chi connectivity index (χ0v) is 10.7. The lowest BCUT2D eigenvalue weighted by atomic mass is 10.1. The van der Waals surface area contributed by atoms with Crippen LogP contribution in [0.5, 0.6) is 0 Å². The first kappa shape index (κ1) is 11.6. The Bertz CT molecular complexity index is 391. The molecular weight excluding hydrogens is 270 g/mol. The maximum Gasteiger partial charge on any atom is 0.269 e. The average molecular weight is 284 g/mol. The molecule has 1 fully saturated rings. The number of non-ortho nitro benzene ring substituents is 1. The highest BCUT2D eigenvalue weighted by atomic mass is 79.9. The number of hydrogen-bond acceptors (Lipinski definition) is 2. The molecule has 0 spiro atoms. The highest BCUT2D eigenvalue weighted by molar-refractivity contribution is 9.09. The number of alkyl halides is 1. The van der Waals surface area contributed by atoms with Crippen LogP contribution in [0.1, 0.15) is 18.9 Å². The second kappa shape index (κ2) is 4.53. The zero-order chi connectivity index (χ0) is 11.7. The summed E-state index contributed by atoms with van der Waals surface area (Å²) in [6.45, 7) is 2.26. The molecule has 3 unspecified atom stereocenters. The Balaban J connectivity index is 1.97. The third-order valence-electron chi connectivity index (χ3n) is 3.21.